The lowest BCUT2D eigenvalue weighted by Crippen LogP contribution is -2.35. The van der Waals surface area contributed by atoms with Gasteiger partial charge in [-0.1, -0.05) is 39.3 Å². The average molecular weight is 562 g/mol. The molecule has 41 heavy (non-hydrogen) atoms. The van der Waals surface area contributed by atoms with E-state index in [9.17, 15) is 13.6 Å². The average Bonchev–Trinajstić information content (AvgIpc) is 3.49. The molecule has 1 heterocycles. The van der Waals surface area contributed by atoms with Crippen LogP contribution in [-0.2, 0) is 12.8 Å². The lowest BCUT2D eigenvalue weighted by molar-refractivity contribution is 0.0811. The van der Waals surface area contributed by atoms with Gasteiger partial charge in [-0.15, -0.1) is 0 Å². The number of hydrogen-bond acceptors (Lipinski definition) is 2. The van der Waals surface area contributed by atoms with Crippen LogP contribution in [-0.4, -0.2) is 21.9 Å². The summed E-state index contributed by atoms with van der Waals surface area (Å²) in [5.41, 5.74) is 3.14. The molecule has 3 aliphatic carbocycles. The Morgan fingerprint density at radius 1 is 1.07 bits per heavy atom. The summed E-state index contributed by atoms with van der Waals surface area (Å²) in [5.74, 6) is -1.12. The minimum Gasteiger partial charge on any atom is -0.265 e. The Kier molecular flexibility index (Phi) is 7.19. The standard InChI is InChI=1S/C34H38F3N3O/c1-33(2)23-13-15-34(3,20-23)29(33)14-16-38-32(41)30-26-10-5-4-8-22(17-21-7-6-9-24(35)18-21)31(26)40(39-30)28-12-11-25(36)19-27(28)37/h6-7,9,11-12,16,18-19,22-23,29H,4-5,8,10,13-15,17,20H2,1-3H3/t22?,23?,29-,34?/m1/s1. The summed E-state index contributed by atoms with van der Waals surface area (Å²) >= 11 is 0. The minimum atomic E-state index is -0.752. The molecule has 3 aliphatic rings. The smallest absolute Gasteiger partial charge is 0.265 e. The van der Waals surface area contributed by atoms with Crippen LogP contribution in [0.2, 0.25) is 0 Å². The van der Waals surface area contributed by atoms with Gasteiger partial charge in [0.1, 0.15) is 17.3 Å². The highest BCUT2D eigenvalue weighted by atomic mass is 19.1. The molecule has 2 bridgehead atoms. The Bertz CT molecular complexity index is 1500. The zero-order valence-electron chi connectivity index (χ0n) is 24.1. The van der Waals surface area contributed by atoms with E-state index in [0.29, 0.717) is 24.7 Å². The van der Waals surface area contributed by atoms with Crippen LogP contribution in [0.4, 0.5) is 13.2 Å². The van der Waals surface area contributed by atoms with Crippen molar-refractivity contribution in [1.29, 1.82) is 0 Å². The number of rotatable bonds is 6. The van der Waals surface area contributed by atoms with Gasteiger partial charge in [-0.3, -0.25) is 4.79 Å². The van der Waals surface area contributed by atoms with Crippen LogP contribution >= 0.6 is 0 Å². The van der Waals surface area contributed by atoms with Crippen molar-refractivity contribution in [3.05, 3.63) is 82.4 Å². The van der Waals surface area contributed by atoms with Crippen LogP contribution in [0.5, 0.6) is 0 Å². The summed E-state index contributed by atoms with van der Waals surface area (Å²) in [5, 5.41) is 4.65. The first kappa shape index (κ1) is 27.9. The molecule has 7 heteroatoms. The Morgan fingerprint density at radius 3 is 2.61 bits per heavy atom. The predicted octanol–water partition coefficient (Wildman–Crippen LogP) is 8.41. The van der Waals surface area contributed by atoms with E-state index in [-0.39, 0.29) is 33.9 Å². The van der Waals surface area contributed by atoms with Gasteiger partial charge in [0.05, 0.1) is 5.69 Å². The highest BCUT2D eigenvalue weighted by molar-refractivity contribution is 5.99. The molecular weight excluding hydrogens is 523 g/mol. The van der Waals surface area contributed by atoms with E-state index in [1.54, 1.807) is 12.3 Å². The number of carbonyl (C=O) groups is 1. The molecule has 0 aliphatic heterocycles. The fraction of sp³-hybridized carbons (Fsp3) is 0.500. The van der Waals surface area contributed by atoms with Gasteiger partial charge in [-0.25, -0.2) is 22.8 Å². The lowest BCUT2D eigenvalue weighted by Gasteiger charge is -2.42. The van der Waals surface area contributed by atoms with Gasteiger partial charge in [0.25, 0.3) is 5.91 Å². The maximum atomic E-state index is 15.1. The number of nitrogens with zero attached hydrogens (tertiary/aromatic N) is 3. The summed E-state index contributed by atoms with van der Waals surface area (Å²) in [6.45, 7) is 7.07. The monoisotopic (exact) mass is 561 g/mol. The van der Waals surface area contributed by atoms with Gasteiger partial charge < -0.3 is 0 Å². The van der Waals surface area contributed by atoms with Crippen LogP contribution in [0.25, 0.3) is 5.69 Å². The highest BCUT2D eigenvalue weighted by Crippen LogP contribution is 2.66. The first-order chi connectivity index (χ1) is 19.6. The van der Waals surface area contributed by atoms with Crippen molar-refractivity contribution < 1.29 is 18.0 Å². The molecule has 4 nitrogen and oxygen atoms in total. The molecule has 0 spiro atoms. The molecule has 0 N–H and O–H groups in total. The first-order valence-electron chi connectivity index (χ1n) is 15.0. The van der Waals surface area contributed by atoms with Crippen LogP contribution in [0, 0.1) is 40.1 Å². The third-order valence-corrected chi connectivity index (χ3v) is 10.5. The van der Waals surface area contributed by atoms with Gasteiger partial charge in [0.2, 0.25) is 0 Å². The van der Waals surface area contributed by atoms with Crippen molar-refractivity contribution in [3.8, 4) is 5.69 Å². The molecule has 2 saturated carbocycles. The number of benzene rings is 2. The normalized spacial score (nSPS) is 26.8. The van der Waals surface area contributed by atoms with Gasteiger partial charge in [-0.2, -0.15) is 5.10 Å². The fourth-order valence-corrected chi connectivity index (χ4v) is 8.41. The highest BCUT2D eigenvalue weighted by Gasteiger charge is 2.58. The van der Waals surface area contributed by atoms with E-state index >= 15 is 4.39 Å². The molecule has 216 valence electrons. The van der Waals surface area contributed by atoms with E-state index in [1.165, 1.54) is 48.2 Å². The number of aromatic nitrogens is 2. The van der Waals surface area contributed by atoms with E-state index in [0.717, 1.165) is 48.6 Å². The van der Waals surface area contributed by atoms with Crippen molar-refractivity contribution in [2.24, 2.45) is 27.7 Å². The number of amides is 1. The molecule has 6 rings (SSSR count). The van der Waals surface area contributed by atoms with Crippen molar-refractivity contribution in [1.82, 2.24) is 9.78 Å². The fourth-order valence-electron chi connectivity index (χ4n) is 8.41. The van der Waals surface area contributed by atoms with Crippen molar-refractivity contribution in [3.63, 3.8) is 0 Å². The Hall–Kier alpha value is -3.22. The second-order valence-electron chi connectivity index (χ2n) is 13.3. The zero-order chi connectivity index (χ0) is 28.9. The second-order valence-corrected chi connectivity index (χ2v) is 13.3. The SMILES string of the molecule is CC12CCC(C1)C(C)(C)[C@H]2CC=NC(=O)c1nn(-c2ccc(F)cc2F)c2c1CCCCC2Cc1cccc(F)c1. The number of hydrogen-bond donors (Lipinski definition) is 0. The summed E-state index contributed by atoms with van der Waals surface area (Å²) in [4.78, 5) is 18.0. The molecule has 2 aromatic carbocycles. The molecule has 1 amide bonds. The van der Waals surface area contributed by atoms with Gasteiger partial charge in [0.15, 0.2) is 11.5 Å². The molecule has 2 fully saturated rings. The second kappa shape index (κ2) is 10.6. The number of fused-ring (bicyclic) bond motifs is 3. The first-order valence-corrected chi connectivity index (χ1v) is 15.0. The van der Waals surface area contributed by atoms with Crippen LogP contribution < -0.4 is 0 Å². The molecular formula is C34H38F3N3O. The molecule has 1 aromatic heterocycles. The van der Waals surface area contributed by atoms with E-state index in [1.807, 2.05) is 6.07 Å². The molecule has 0 radical (unpaired) electrons. The summed E-state index contributed by atoms with van der Waals surface area (Å²) in [6, 6.07) is 9.87. The largest absolute Gasteiger partial charge is 0.297 e. The number of aliphatic imine (C=N–C) groups is 1. The topological polar surface area (TPSA) is 47.2 Å². The van der Waals surface area contributed by atoms with E-state index in [4.69, 9.17) is 0 Å². The number of halogens is 3. The minimum absolute atomic E-state index is 0.0912. The third-order valence-electron chi connectivity index (χ3n) is 10.5. The summed E-state index contributed by atoms with van der Waals surface area (Å²) < 4.78 is 44.5. The van der Waals surface area contributed by atoms with Gasteiger partial charge in [-0.05, 0) is 104 Å². The van der Waals surface area contributed by atoms with Gasteiger partial charge in [0, 0.05) is 23.8 Å². The Labute approximate surface area is 240 Å². The van der Waals surface area contributed by atoms with E-state index < -0.39 is 17.5 Å². The Balaban J connectivity index is 1.36. The number of carbonyl (C=O) groups excluding carboxylic acids is 1. The van der Waals surface area contributed by atoms with E-state index in [2.05, 4.69) is 30.9 Å². The molecule has 3 aromatic rings. The van der Waals surface area contributed by atoms with Crippen molar-refractivity contribution in [2.45, 2.75) is 84.5 Å². The predicted molar refractivity (Wildman–Crippen MR) is 154 cm³/mol. The summed E-state index contributed by atoms with van der Waals surface area (Å²) in [6.07, 6.45) is 9.92. The van der Waals surface area contributed by atoms with Crippen LogP contribution in [0.3, 0.4) is 0 Å². The van der Waals surface area contributed by atoms with Crippen LogP contribution in [0.1, 0.15) is 98.9 Å². The quantitative estimate of drug-likeness (QED) is 0.224. The van der Waals surface area contributed by atoms with Crippen molar-refractivity contribution in [2.75, 3.05) is 0 Å². The molecule has 4 atom stereocenters. The van der Waals surface area contributed by atoms with Crippen LogP contribution in [0.15, 0.2) is 47.5 Å². The lowest BCUT2D eigenvalue weighted by atomic mass is 9.63. The zero-order valence-corrected chi connectivity index (χ0v) is 24.1. The molecule has 0 saturated heterocycles. The third kappa shape index (κ3) is 5.06. The maximum absolute atomic E-state index is 15.1. The van der Waals surface area contributed by atoms with Crippen molar-refractivity contribution >= 4 is 12.1 Å². The molecule has 3 unspecified atom stereocenters. The summed E-state index contributed by atoms with van der Waals surface area (Å²) in [7, 11) is 0. The maximum Gasteiger partial charge on any atom is 0.297 e. The Morgan fingerprint density at radius 2 is 1.88 bits per heavy atom. The van der Waals surface area contributed by atoms with Gasteiger partial charge >= 0.3 is 0 Å².